The second-order valence-corrected chi connectivity index (χ2v) is 4.80. The van der Waals surface area contributed by atoms with Crippen molar-refractivity contribution in [3.05, 3.63) is 47.9 Å². The number of aryl methyl sites for hydroxylation is 1. The standard InChI is InChI=1S/C16H22N4/c1-4-13-6-8-15(9-7-13)20(3)12-14-10-19-16(11-18-14)17-5-2/h6-11H,4-5,12H2,1-3H3,(H,17,19). The molecule has 1 N–H and O–H groups in total. The summed E-state index contributed by atoms with van der Waals surface area (Å²) in [6, 6.07) is 8.65. The zero-order chi connectivity index (χ0) is 14.4. The molecule has 0 aliphatic rings. The summed E-state index contributed by atoms with van der Waals surface area (Å²) >= 11 is 0. The van der Waals surface area contributed by atoms with Crippen LogP contribution in [0.2, 0.25) is 0 Å². The van der Waals surface area contributed by atoms with Gasteiger partial charge in [0.25, 0.3) is 0 Å². The van der Waals surface area contributed by atoms with Crippen LogP contribution in [0.4, 0.5) is 11.5 Å². The van der Waals surface area contributed by atoms with E-state index in [1.54, 1.807) is 6.20 Å². The van der Waals surface area contributed by atoms with Gasteiger partial charge in [0.2, 0.25) is 0 Å². The molecule has 0 unspecified atom stereocenters. The lowest BCUT2D eigenvalue weighted by atomic mass is 10.1. The molecule has 0 fully saturated rings. The first-order valence-electron chi connectivity index (χ1n) is 7.07. The minimum Gasteiger partial charge on any atom is -0.369 e. The molecule has 4 nitrogen and oxygen atoms in total. The van der Waals surface area contributed by atoms with Crippen molar-refractivity contribution in [1.29, 1.82) is 0 Å². The molecule has 0 aliphatic heterocycles. The maximum atomic E-state index is 4.43. The smallest absolute Gasteiger partial charge is 0.144 e. The highest BCUT2D eigenvalue weighted by atomic mass is 15.1. The Hall–Kier alpha value is -2.10. The Balaban J connectivity index is 2.00. The SMILES string of the molecule is CCNc1cnc(CN(C)c2ccc(CC)cc2)cn1. The Labute approximate surface area is 120 Å². The number of hydrogen-bond donors (Lipinski definition) is 1. The molecular weight excluding hydrogens is 248 g/mol. The summed E-state index contributed by atoms with van der Waals surface area (Å²) < 4.78 is 0. The van der Waals surface area contributed by atoms with E-state index in [0.29, 0.717) is 0 Å². The molecule has 0 radical (unpaired) electrons. The summed E-state index contributed by atoms with van der Waals surface area (Å²) in [4.78, 5) is 10.9. The van der Waals surface area contributed by atoms with Crippen molar-refractivity contribution in [3.8, 4) is 0 Å². The first-order chi connectivity index (χ1) is 9.72. The second-order valence-electron chi connectivity index (χ2n) is 4.80. The van der Waals surface area contributed by atoms with Gasteiger partial charge in [0.05, 0.1) is 24.6 Å². The van der Waals surface area contributed by atoms with E-state index >= 15 is 0 Å². The number of benzene rings is 1. The van der Waals surface area contributed by atoms with Crippen molar-refractivity contribution in [1.82, 2.24) is 9.97 Å². The van der Waals surface area contributed by atoms with E-state index in [9.17, 15) is 0 Å². The average molecular weight is 270 g/mol. The van der Waals surface area contributed by atoms with E-state index in [-0.39, 0.29) is 0 Å². The van der Waals surface area contributed by atoms with Crippen LogP contribution in [0.3, 0.4) is 0 Å². The third kappa shape index (κ3) is 3.70. The monoisotopic (exact) mass is 270 g/mol. The highest BCUT2D eigenvalue weighted by Gasteiger charge is 2.04. The van der Waals surface area contributed by atoms with E-state index in [1.165, 1.54) is 11.3 Å². The zero-order valence-corrected chi connectivity index (χ0v) is 12.4. The summed E-state index contributed by atoms with van der Waals surface area (Å²) in [5.74, 6) is 0.825. The van der Waals surface area contributed by atoms with Gasteiger partial charge in [-0.2, -0.15) is 0 Å². The third-order valence-corrected chi connectivity index (χ3v) is 3.25. The van der Waals surface area contributed by atoms with Gasteiger partial charge in [-0.1, -0.05) is 19.1 Å². The fourth-order valence-electron chi connectivity index (χ4n) is 2.03. The van der Waals surface area contributed by atoms with Crippen molar-refractivity contribution in [2.75, 3.05) is 23.8 Å². The molecule has 0 bridgehead atoms. The first kappa shape index (κ1) is 14.3. The van der Waals surface area contributed by atoms with Gasteiger partial charge in [-0.15, -0.1) is 0 Å². The summed E-state index contributed by atoms with van der Waals surface area (Å²) in [6.45, 7) is 5.83. The van der Waals surface area contributed by atoms with Crippen LogP contribution in [0.5, 0.6) is 0 Å². The average Bonchev–Trinajstić information content (AvgIpc) is 2.49. The highest BCUT2D eigenvalue weighted by molar-refractivity contribution is 5.47. The van der Waals surface area contributed by atoms with E-state index in [2.05, 4.69) is 58.4 Å². The minimum atomic E-state index is 0.755. The maximum Gasteiger partial charge on any atom is 0.144 e. The topological polar surface area (TPSA) is 41.1 Å². The van der Waals surface area contributed by atoms with Gasteiger partial charge in [0.1, 0.15) is 5.82 Å². The molecule has 0 saturated carbocycles. The summed E-state index contributed by atoms with van der Waals surface area (Å²) in [7, 11) is 2.07. The number of rotatable bonds is 6. The molecule has 0 spiro atoms. The first-order valence-corrected chi connectivity index (χ1v) is 7.07. The minimum absolute atomic E-state index is 0.755. The molecule has 0 saturated heterocycles. The molecule has 0 amide bonds. The number of nitrogens with zero attached hydrogens (tertiary/aromatic N) is 3. The van der Waals surface area contributed by atoms with Gasteiger partial charge in [-0.3, -0.25) is 4.98 Å². The van der Waals surface area contributed by atoms with Crippen molar-refractivity contribution < 1.29 is 0 Å². The van der Waals surface area contributed by atoms with Crippen molar-refractivity contribution >= 4 is 11.5 Å². The Morgan fingerprint density at radius 2 is 1.80 bits per heavy atom. The van der Waals surface area contributed by atoms with Crippen LogP contribution >= 0.6 is 0 Å². The number of aromatic nitrogens is 2. The maximum absolute atomic E-state index is 4.43. The molecule has 0 aliphatic carbocycles. The van der Waals surface area contributed by atoms with Gasteiger partial charge < -0.3 is 10.2 Å². The lowest BCUT2D eigenvalue weighted by Gasteiger charge is -2.19. The zero-order valence-electron chi connectivity index (χ0n) is 12.4. The summed E-state index contributed by atoms with van der Waals surface area (Å²) in [5, 5.41) is 3.15. The predicted octanol–water partition coefficient (Wildman–Crippen LogP) is 3.11. The predicted molar refractivity (Wildman–Crippen MR) is 84.1 cm³/mol. The molecule has 106 valence electrons. The third-order valence-electron chi connectivity index (χ3n) is 3.25. The Morgan fingerprint density at radius 3 is 2.35 bits per heavy atom. The van der Waals surface area contributed by atoms with Crippen LogP contribution in [0.1, 0.15) is 25.1 Å². The lowest BCUT2D eigenvalue weighted by molar-refractivity contribution is 0.872. The lowest BCUT2D eigenvalue weighted by Crippen LogP contribution is -2.17. The number of hydrogen-bond acceptors (Lipinski definition) is 4. The highest BCUT2D eigenvalue weighted by Crippen LogP contribution is 2.16. The van der Waals surface area contributed by atoms with Gasteiger partial charge >= 0.3 is 0 Å². The number of anilines is 2. The fraction of sp³-hybridized carbons (Fsp3) is 0.375. The summed E-state index contributed by atoms with van der Waals surface area (Å²) in [6.07, 6.45) is 4.68. The van der Waals surface area contributed by atoms with Crippen LogP contribution in [-0.4, -0.2) is 23.6 Å². The fourth-order valence-corrected chi connectivity index (χ4v) is 2.03. The normalized spacial score (nSPS) is 10.3. The van der Waals surface area contributed by atoms with E-state index < -0.39 is 0 Å². The van der Waals surface area contributed by atoms with Crippen molar-refractivity contribution in [3.63, 3.8) is 0 Å². The van der Waals surface area contributed by atoms with Crippen LogP contribution in [-0.2, 0) is 13.0 Å². The second kappa shape index (κ2) is 6.89. The van der Waals surface area contributed by atoms with Crippen molar-refractivity contribution in [2.45, 2.75) is 26.8 Å². The van der Waals surface area contributed by atoms with Crippen molar-refractivity contribution in [2.24, 2.45) is 0 Å². The van der Waals surface area contributed by atoms with Gasteiger partial charge in [-0.25, -0.2) is 4.98 Å². The molecule has 1 aromatic heterocycles. The molecule has 1 heterocycles. The Morgan fingerprint density at radius 1 is 1.05 bits per heavy atom. The molecule has 2 rings (SSSR count). The van der Waals surface area contributed by atoms with Gasteiger partial charge in [0, 0.05) is 19.3 Å². The Kier molecular flexibility index (Phi) is 4.93. The molecule has 0 atom stereocenters. The number of nitrogens with one attached hydrogen (secondary N) is 1. The van der Waals surface area contributed by atoms with Crippen LogP contribution in [0.15, 0.2) is 36.7 Å². The van der Waals surface area contributed by atoms with Crippen LogP contribution in [0, 0.1) is 0 Å². The molecule has 20 heavy (non-hydrogen) atoms. The molecule has 1 aromatic carbocycles. The Bertz CT molecular complexity index is 519. The molecule has 4 heteroatoms. The summed E-state index contributed by atoms with van der Waals surface area (Å²) in [5.41, 5.74) is 3.52. The van der Waals surface area contributed by atoms with E-state index in [0.717, 1.165) is 31.0 Å². The molecule has 2 aromatic rings. The van der Waals surface area contributed by atoms with E-state index in [1.807, 2.05) is 13.1 Å². The van der Waals surface area contributed by atoms with E-state index in [4.69, 9.17) is 0 Å². The largest absolute Gasteiger partial charge is 0.369 e. The van der Waals surface area contributed by atoms with Gasteiger partial charge in [0.15, 0.2) is 0 Å². The van der Waals surface area contributed by atoms with Crippen LogP contribution in [0.25, 0.3) is 0 Å². The van der Waals surface area contributed by atoms with Crippen LogP contribution < -0.4 is 10.2 Å². The molecular formula is C16H22N4. The quantitative estimate of drug-likeness (QED) is 0.875. The van der Waals surface area contributed by atoms with Gasteiger partial charge in [-0.05, 0) is 31.0 Å².